The van der Waals surface area contributed by atoms with Gasteiger partial charge in [0.2, 0.25) is 0 Å². The minimum Gasteiger partial charge on any atom is -0.367 e. The lowest BCUT2D eigenvalue weighted by molar-refractivity contribution is 0.263. The van der Waals surface area contributed by atoms with Crippen LogP contribution in [0.3, 0.4) is 0 Å². The molecule has 0 saturated carbocycles. The van der Waals surface area contributed by atoms with Gasteiger partial charge in [-0.25, -0.2) is 0 Å². The van der Waals surface area contributed by atoms with Crippen LogP contribution in [0.25, 0.3) is 0 Å². The Hall–Kier alpha value is -1.05. The SMILES string of the molecule is CC.Cc1ccc(N2CC(C)(C)CCC2C)cn1. The molecule has 1 saturated heterocycles. The Bertz CT molecular complexity index is 354. The van der Waals surface area contributed by atoms with Gasteiger partial charge in [0.25, 0.3) is 0 Å². The molecule has 0 N–H and O–H groups in total. The second-order valence-electron chi connectivity index (χ2n) is 5.84. The largest absolute Gasteiger partial charge is 0.367 e. The molecule has 18 heavy (non-hydrogen) atoms. The van der Waals surface area contributed by atoms with Gasteiger partial charge in [0.05, 0.1) is 11.9 Å². The molecule has 102 valence electrons. The highest BCUT2D eigenvalue weighted by atomic mass is 15.2. The minimum atomic E-state index is 0.428. The zero-order valence-electron chi connectivity index (χ0n) is 12.8. The molecule has 0 bridgehead atoms. The van der Waals surface area contributed by atoms with E-state index in [0.29, 0.717) is 11.5 Å². The summed E-state index contributed by atoms with van der Waals surface area (Å²) in [6.07, 6.45) is 4.61. The number of hydrogen-bond donors (Lipinski definition) is 0. The van der Waals surface area contributed by atoms with Gasteiger partial charge in [0.1, 0.15) is 0 Å². The molecule has 1 atom stereocenters. The third-order valence-electron chi connectivity index (χ3n) is 3.60. The van der Waals surface area contributed by atoms with Gasteiger partial charge in [-0.3, -0.25) is 4.98 Å². The van der Waals surface area contributed by atoms with Crippen molar-refractivity contribution in [2.45, 2.75) is 60.4 Å². The molecule has 1 aromatic heterocycles. The molecule has 1 aromatic rings. The second kappa shape index (κ2) is 6.21. The fourth-order valence-electron chi connectivity index (χ4n) is 2.43. The van der Waals surface area contributed by atoms with E-state index in [0.717, 1.165) is 12.2 Å². The monoisotopic (exact) mass is 248 g/mol. The Morgan fingerprint density at radius 1 is 1.28 bits per heavy atom. The predicted octanol–water partition coefficient (Wildman–Crippen LogP) is 4.43. The molecule has 2 heterocycles. The molecule has 2 nitrogen and oxygen atoms in total. The van der Waals surface area contributed by atoms with Gasteiger partial charge < -0.3 is 4.90 Å². The molecule has 1 unspecified atom stereocenters. The molecule has 0 aromatic carbocycles. The quantitative estimate of drug-likeness (QED) is 0.731. The fourth-order valence-corrected chi connectivity index (χ4v) is 2.43. The standard InChI is InChI=1S/C14H22N2.C2H6/c1-11-5-6-13(9-15-11)16-10-14(3,4)8-7-12(16)2;1-2/h5-6,9,12H,7-8,10H2,1-4H3;1-2H3. The van der Waals surface area contributed by atoms with Crippen LogP contribution >= 0.6 is 0 Å². The van der Waals surface area contributed by atoms with Gasteiger partial charge in [-0.2, -0.15) is 0 Å². The zero-order valence-corrected chi connectivity index (χ0v) is 12.8. The summed E-state index contributed by atoms with van der Waals surface area (Å²) in [5.41, 5.74) is 2.79. The van der Waals surface area contributed by atoms with Crippen molar-refractivity contribution in [3.05, 3.63) is 24.0 Å². The number of piperidine rings is 1. The normalized spacial score (nSPS) is 22.1. The van der Waals surface area contributed by atoms with E-state index < -0.39 is 0 Å². The van der Waals surface area contributed by atoms with Crippen molar-refractivity contribution in [2.75, 3.05) is 11.4 Å². The zero-order chi connectivity index (χ0) is 13.8. The predicted molar refractivity (Wildman–Crippen MR) is 80.1 cm³/mol. The van der Waals surface area contributed by atoms with Crippen LogP contribution in [0, 0.1) is 12.3 Å². The molecule has 0 radical (unpaired) electrons. The molecule has 2 rings (SSSR count). The first-order valence-electron chi connectivity index (χ1n) is 7.17. The molecule has 0 amide bonds. The van der Waals surface area contributed by atoms with Crippen LogP contribution < -0.4 is 4.90 Å². The average Bonchev–Trinajstić information content (AvgIpc) is 2.36. The van der Waals surface area contributed by atoms with E-state index in [4.69, 9.17) is 0 Å². The summed E-state index contributed by atoms with van der Waals surface area (Å²) in [6.45, 7) is 14.2. The number of rotatable bonds is 1. The molecular formula is C16H28N2. The summed E-state index contributed by atoms with van der Waals surface area (Å²) in [4.78, 5) is 6.89. The van der Waals surface area contributed by atoms with Crippen LogP contribution in [0.2, 0.25) is 0 Å². The maximum Gasteiger partial charge on any atom is 0.0555 e. The maximum atomic E-state index is 4.39. The maximum absolute atomic E-state index is 4.39. The molecule has 2 heteroatoms. The van der Waals surface area contributed by atoms with Crippen molar-refractivity contribution in [3.8, 4) is 0 Å². The van der Waals surface area contributed by atoms with Crippen LogP contribution in [0.1, 0.15) is 53.2 Å². The lowest BCUT2D eigenvalue weighted by Gasteiger charge is -2.43. The van der Waals surface area contributed by atoms with E-state index >= 15 is 0 Å². The topological polar surface area (TPSA) is 16.1 Å². The molecular weight excluding hydrogens is 220 g/mol. The number of aryl methyl sites for hydroxylation is 1. The highest BCUT2D eigenvalue weighted by molar-refractivity contribution is 5.46. The lowest BCUT2D eigenvalue weighted by Crippen LogP contribution is -2.45. The minimum absolute atomic E-state index is 0.428. The second-order valence-corrected chi connectivity index (χ2v) is 5.84. The van der Waals surface area contributed by atoms with Crippen molar-refractivity contribution < 1.29 is 0 Å². The van der Waals surface area contributed by atoms with Crippen molar-refractivity contribution in [3.63, 3.8) is 0 Å². The first kappa shape index (κ1) is 15.0. The summed E-state index contributed by atoms with van der Waals surface area (Å²) in [6, 6.07) is 4.93. The Morgan fingerprint density at radius 2 is 1.94 bits per heavy atom. The van der Waals surface area contributed by atoms with E-state index in [1.807, 2.05) is 27.0 Å². The third-order valence-corrected chi connectivity index (χ3v) is 3.60. The lowest BCUT2D eigenvalue weighted by atomic mass is 9.81. The highest BCUT2D eigenvalue weighted by Crippen LogP contribution is 2.34. The van der Waals surface area contributed by atoms with Crippen LogP contribution in [0.4, 0.5) is 5.69 Å². The Kier molecular flexibility index (Phi) is 5.18. The van der Waals surface area contributed by atoms with Crippen molar-refractivity contribution in [1.82, 2.24) is 4.98 Å². The first-order valence-corrected chi connectivity index (χ1v) is 7.17. The summed E-state index contributed by atoms with van der Waals surface area (Å²) in [7, 11) is 0. The van der Waals surface area contributed by atoms with E-state index in [1.165, 1.54) is 18.5 Å². The third kappa shape index (κ3) is 3.72. The van der Waals surface area contributed by atoms with Crippen LogP contribution in [-0.4, -0.2) is 17.6 Å². The fraction of sp³-hybridized carbons (Fsp3) is 0.688. The van der Waals surface area contributed by atoms with Crippen LogP contribution in [0.15, 0.2) is 18.3 Å². The first-order chi connectivity index (χ1) is 8.48. The van der Waals surface area contributed by atoms with Gasteiger partial charge in [0, 0.05) is 18.3 Å². The Morgan fingerprint density at radius 3 is 2.50 bits per heavy atom. The highest BCUT2D eigenvalue weighted by Gasteiger charge is 2.30. The Labute approximate surface area is 112 Å². The van der Waals surface area contributed by atoms with E-state index in [2.05, 4.69) is 42.8 Å². The van der Waals surface area contributed by atoms with Crippen LogP contribution in [0.5, 0.6) is 0 Å². The van der Waals surface area contributed by atoms with Gasteiger partial charge in [0.15, 0.2) is 0 Å². The van der Waals surface area contributed by atoms with Gasteiger partial charge in [-0.05, 0) is 44.2 Å². The van der Waals surface area contributed by atoms with Crippen molar-refractivity contribution >= 4 is 5.69 Å². The van der Waals surface area contributed by atoms with Gasteiger partial charge >= 0.3 is 0 Å². The smallest absolute Gasteiger partial charge is 0.0555 e. The summed E-state index contributed by atoms with van der Waals surface area (Å²) >= 11 is 0. The number of hydrogen-bond acceptors (Lipinski definition) is 2. The van der Waals surface area contributed by atoms with Crippen molar-refractivity contribution in [1.29, 1.82) is 0 Å². The molecule has 1 aliphatic heterocycles. The molecule has 0 spiro atoms. The number of aromatic nitrogens is 1. The number of nitrogens with zero attached hydrogens (tertiary/aromatic N) is 2. The van der Waals surface area contributed by atoms with Gasteiger partial charge in [-0.1, -0.05) is 27.7 Å². The summed E-state index contributed by atoms with van der Waals surface area (Å²) in [5.74, 6) is 0. The average molecular weight is 248 g/mol. The molecule has 1 fully saturated rings. The molecule has 1 aliphatic rings. The molecule has 0 aliphatic carbocycles. The van der Waals surface area contributed by atoms with Crippen molar-refractivity contribution in [2.24, 2.45) is 5.41 Å². The van der Waals surface area contributed by atoms with E-state index in [9.17, 15) is 0 Å². The van der Waals surface area contributed by atoms with Gasteiger partial charge in [-0.15, -0.1) is 0 Å². The summed E-state index contributed by atoms with van der Waals surface area (Å²) in [5, 5.41) is 0. The van der Waals surface area contributed by atoms with E-state index in [1.54, 1.807) is 0 Å². The Balaban J connectivity index is 0.000000771. The number of pyridine rings is 1. The number of anilines is 1. The summed E-state index contributed by atoms with van der Waals surface area (Å²) < 4.78 is 0. The van der Waals surface area contributed by atoms with Crippen LogP contribution in [-0.2, 0) is 0 Å². The van der Waals surface area contributed by atoms with E-state index in [-0.39, 0.29) is 0 Å².